The summed E-state index contributed by atoms with van der Waals surface area (Å²) in [5, 5.41) is 11.3. The van der Waals surface area contributed by atoms with Crippen LogP contribution in [0.3, 0.4) is 0 Å². The highest BCUT2D eigenvalue weighted by Crippen LogP contribution is 2.25. The van der Waals surface area contributed by atoms with Crippen molar-refractivity contribution in [3.63, 3.8) is 0 Å². The van der Waals surface area contributed by atoms with Crippen molar-refractivity contribution in [2.45, 2.75) is 0 Å². The molecule has 0 atom stereocenters. The molecule has 164 valence electrons. The highest BCUT2D eigenvalue weighted by Gasteiger charge is 2.15. The van der Waals surface area contributed by atoms with E-state index in [2.05, 4.69) is 20.5 Å². The molecule has 1 heterocycles. The first-order valence-electron chi connectivity index (χ1n) is 9.39. The molecule has 2 aromatic carbocycles. The number of aromatic nitrogens is 1. The number of halogens is 2. The smallest absolute Gasteiger partial charge is 0.340 e. The number of pyridine rings is 1. The zero-order chi connectivity index (χ0) is 23.1. The predicted molar refractivity (Wildman–Crippen MR) is 125 cm³/mol. The van der Waals surface area contributed by atoms with Crippen molar-refractivity contribution in [3.8, 4) is 0 Å². The Morgan fingerprint density at radius 2 is 1.78 bits per heavy atom. The molecule has 1 amide bonds. The van der Waals surface area contributed by atoms with Crippen LogP contribution in [-0.2, 0) is 9.53 Å². The van der Waals surface area contributed by atoms with Crippen molar-refractivity contribution in [3.05, 3.63) is 76.4 Å². The lowest BCUT2D eigenvalue weighted by atomic mass is 10.2. The molecular formula is C22H19Cl2N5O3. The van der Waals surface area contributed by atoms with Crippen LogP contribution in [-0.4, -0.2) is 37.6 Å². The van der Waals surface area contributed by atoms with Crippen LogP contribution in [0.15, 0.2) is 71.0 Å². The Morgan fingerprint density at radius 1 is 1.06 bits per heavy atom. The molecule has 10 heteroatoms. The molecule has 3 rings (SSSR count). The maximum absolute atomic E-state index is 12.5. The monoisotopic (exact) mass is 471 g/mol. The zero-order valence-corrected chi connectivity index (χ0v) is 18.8. The van der Waals surface area contributed by atoms with E-state index >= 15 is 0 Å². The SMILES string of the molecule is CN(C)c1ccc(N=Nc2ccccc2C(=O)OCC(=O)Nc2ncc(Cl)cc2Cl)cc1. The van der Waals surface area contributed by atoms with Gasteiger partial charge < -0.3 is 15.0 Å². The lowest BCUT2D eigenvalue weighted by molar-refractivity contribution is -0.119. The summed E-state index contributed by atoms with van der Waals surface area (Å²) in [5.41, 5.74) is 2.15. The van der Waals surface area contributed by atoms with E-state index < -0.39 is 18.5 Å². The van der Waals surface area contributed by atoms with Gasteiger partial charge in [-0.3, -0.25) is 4.79 Å². The van der Waals surface area contributed by atoms with Crippen LogP contribution in [0.25, 0.3) is 0 Å². The average molecular weight is 472 g/mol. The molecule has 0 bridgehead atoms. The summed E-state index contributed by atoms with van der Waals surface area (Å²) in [6.07, 6.45) is 1.34. The average Bonchev–Trinajstić information content (AvgIpc) is 2.78. The number of hydrogen-bond acceptors (Lipinski definition) is 7. The molecule has 0 saturated heterocycles. The van der Waals surface area contributed by atoms with Gasteiger partial charge in [0, 0.05) is 26.0 Å². The predicted octanol–water partition coefficient (Wildman–Crippen LogP) is 5.67. The molecule has 0 aliphatic rings. The standard InChI is InChI=1S/C22H19Cl2N5O3/c1-29(2)16-9-7-15(8-10-16)27-28-19-6-4-3-5-17(19)22(31)32-13-20(30)26-21-18(24)11-14(23)12-25-21/h3-12H,13H2,1-2H3,(H,25,26,30). The molecule has 0 aliphatic carbocycles. The Labute approximate surface area is 194 Å². The summed E-state index contributed by atoms with van der Waals surface area (Å²) in [7, 11) is 3.89. The third kappa shape index (κ3) is 6.26. The zero-order valence-electron chi connectivity index (χ0n) is 17.3. The maximum atomic E-state index is 12.5. The van der Waals surface area contributed by atoms with Crippen molar-refractivity contribution in [1.82, 2.24) is 4.98 Å². The molecule has 0 saturated carbocycles. The molecule has 0 unspecified atom stereocenters. The third-order valence-electron chi connectivity index (χ3n) is 4.16. The van der Waals surface area contributed by atoms with Crippen LogP contribution in [0.4, 0.5) is 22.9 Å². The summed E-state index contributed by atoms with van der Waals surface area (Å²) in [6, 6.07) is 15.5. The quantitative estimate of drug-likeness (QED) is 0.353. The van der Waals surface area contributed by atoms with Gasteiger partial charge in [-0.15, -0.1) is 5.11 Å². The molecule has 0 aliphatic heterocycles. The Bertz CT molecular complexity index is 1150. The van der Waals surface area contributed by atoms with Gasteiger partial charge in [0.05, 0.1) is 21.3 Å². The van der Waals surface area contributed by atoms with Gasteiger partial charge in [0.15, 0.2) is 12.4 Å². The lowest BCUT2D eigenvalue weighted by Gasteiger charge is -2.11. The van der Waals surface area contributed by atoms with Crippen LogP contribution in [0.1, 0.15) is 10.4 Å². The second-order valence-electron chi connectivity index (χ2n) is 6.74. The fourth-order valence-electron chi connectivity index (χ4n) is 2.55. The number of amides is 1. The first-order valence-corrected chi connectivity index (χ1v) is 10.2. The van der Waals surface area contributed by atoms with Crippen LogP contribution in [0.5, 0.6) is 0 Å². The fourth-order valence-corrected chi connectivity index (χ4v) is 2.97. The van der Waals surface area contributed by atoms with E-state index in [1.807, 2.05) is 43.3 Å². The molecule has 3 aromatic rings. The van der Waals surface area contributed by atoms with Gasteiger partial charge in [-0.1, -0.05) is 35.3 Å². The number of carbonyl (C=O) groups is 2. The normalized spacial score (nSPS) is 10.8. The van der Waals surface area contributed by atoms with Gasteiger partial charge in [0.1, 0.15) is 5.69 Å². The summed E-state index contributed by atoms with van der Waals surface area (Å²) in [6.45, 7) is -0.531. The van der Waals surface area contributed by atoms with Gasteiger partial charge >= 0.3 is 5.97 Å². The number of rotatable bonds is 7. The Hall–Kier alpha value is -3.49. The van der Waals surface area contributed by atoms with Crippen molar-refractivity contribution < 1.29 is 14.3 Å². The first kappa shape index (κ1) is 23.2. The number of anilines is 2. The summed E-state index contributed by atoms with van der Waals surface area (Å²) < 4.78 is 5.11. The van der Waals surface area contributed by atoms with E-state index in [4.69, 9.17) is 27.9 Å². The second-order valence-corrected chi connectivity index (χ2v) is 7.58. The highest BCUT2D eigenvalue weighted by atomic mass is 35.5. The van der Waals surface area contributed by atoms with Gasteiger partial charge in [-0.05, 0) is 42.5 Å². The van der Waals surface area contributed by atoms with Gasteiger partial charge in [0.2, 0.25) is 0 Å². The van der Waals surface area contributed by atoms with E-state index in [1.54, 1.807) is 24.3 Å². The maximum Gasteiger partial charge on any atom is 0.340 e. The van der Waals surface area contributed by atoms with Crippen LogP contribution in [0, 0.1) is 0 Å². The number of esters is 1. The van der Waals surface area contributed by atoms with E-state index in [9.17, 15) is 9.59 Å². The molecule has 1 aromatic heterocycles. The largest absolute Gasteiger partial charge is 0.452 e. The molecule has 32 heavy (non-hydrogen) atoms. The van der Waals surface area contributed by atoms with Gasteiger partial charge in [-0.2, -0.15) is 5.11 Å². The van der Waals surface area contributed by atoms with E-state index in [1.165, 1.54) is 12.3 Å². The topological polar surface area (TPSA) is 96.3 Å². The van der Waals surface area contributed by atoms with Crippen molar-refractivity contribution in [2.75, 3.05) is 30.9 Å². The summed E-state index contributed by atoms with van der Waals surface area (Å²) in [5.74, 6) is -1.20. The van der Waals surface area contributed by atoms with Crippen LogP contribution in [0.2, 0.25) is 10.0 Å². The molecule has 0 radical (unpaired) electrons. The number of carbonyl (C=O) groups excluding carboxylic acids is 2. The number of ether oxygens (including phenoxy) is 1. The molecule has 1 N–H and O–H groups in total. The van der Waals surface area contributed by atoms with Crippen molar-refractivity contribution in [1.29, 1.82) is 0 Å². The summed E-state index contributed by atoms with van der Waals surface area (Å²) in [4.78, 5) is 30.5. The van der Waals surface area contributed by atoms with Crippen LogP contribution >= 0.6 is 23.2 Å². The second kappa shape index (κ2) is 10.7. The summed E-state index contributed by atoms with van der Waals surface area (Å²) >= 11 is 11.7. The minimum absolute atomic E-state index is 0.117. The third-order valence-corrected chi connectivity index (χ3v) is 4.66. The first-order chi connectivity index (χ1) is 15.3. The minimum Gasteiger partial charge on any atom is -0.452 e. The number of nitrogens with zero attached hydrogens (tertiary/aromatic N) is 4. The molecular weight excluding hydrogens is 453 g/mol. The molecule has 0 fully saturated rings. The number of nitrogens with one attached hydrogen (secondary N) is 1. The van der Waals surface area contributed by atoms with Gasteiger partial charge in [0.25, 0.3) is 5.91 Å². The van der Waals surface area contributed by atoms with Gasteiger partial charge in [-0.25, -0.2) is 9.78 Å². The lowest BCUT2D eigenvalue weighted by Crippen LogP contribution is -2.21. The molecule has 0 spiro atoms. The Balaban J connectivity index is 1.64. The number of hydrogen-bond donors (Lipinski definition) is 1. The highest BCUT2D eigenvalue weighted by molar-refractivity contribution is 6.36. The van der Waals surface area contributed by atoms with Crippen molar-refractivity contribution in [2.24, 2.45) is 10.2 Å². The Morgan fingerprint density at radius 3 is 2.47 bits per heavy atom. The fraction of sp³-hybridized carbons (Fsp3) is 0.136. The van der Waals surface area contributed by atoms with E-state index in [-0.39, 0.29) is 16.4 Å². The minimum atomic E-state index is -0.715. The van der Waals surface area contributed by atoms with Crippen LogP contribution < -0.4 is 10.2 Å². The Kier molecular flexibility index (Phi) is 7.75. The molecule has 8 nitrogen and oxygen atoms in total. The van der Waals surface area contributed by atoms with E-state index in [0.717, 1.165) is 5.69 Å². The number of azo groups is 1. The number of benzene rings is 2. The van der Waals surface area contributed by atoms with Crippen molar-refractivity contribution >= 4 is 58.0 Å². The van der Waals surface area contributed by atoms with E-state index in [0.29, 0.717) is 16.4 Å².